The van der Waals surface area contributed by atoms with E-state index >= 15 is 0 Å². The second-order valence-corrected chi connectivity index (χ2v) is 3.41. The SMILES string of the molecule is O=C(O)CCCCN1CC=CCC1. The fourth-order valence-electron chi connectivity index (χ4n) is 1.50. The summed E-state index contributed by atoms with van der Waals surface area (Å²) in [5, 5.41) is 8.43. The smallest absolute Gasteiger partial charge is 0.303 e. The van der Waals surface area contributed by atoms with Gasteiger partial charge in [0.25, 0.3) is 0 Å². The van der Waals surface area contributed by atoms with Crippen LogP contribution in [0.2, 0.25) is 0 Å². The Morgan fingerprint density at radius 2 is 2.23 bits per heavy atom. The van der Waals surface area contributed by atoms with Crippen LogP contribution in [-0.2, 0) is 4.79 Å². The lowest BCUT2D eigenvalue weighted by Crippen LogP contribution is -2.28. The third-order valence-corrected chi connectivity index (χ3v) is 2.26. The molecule has 0 aromatic heterocycles. The maximum Gasteiger partial charge on any atom is 0.303 e. The first-order valence-corrected chi connectivity index (χ1v) is 4.88. The summed E-state index contributed by atoms with van der Waals surface area (Å²) in [7, 11) is 0. The van der Waals surface area contributed by atoms with Crippen molar-refractivity contribution in [3.8, 4) is 0 Å². The molecule has 3 heteroatoms. The molecule has 0 aromatic rings. The van der Waals surface area contributed by atoms with Crippen LogP contribution < -0.4 is 0 Å². The van der Waals surface area contributed by atoms with Gasteiger partial charge in [-0.3, -0.25) is 9.69 Å². The molecule has 1 N–H and O–H groups in total. The highest BCUT2D eigenvalue weighted by atomic mass is 16.4. The van der Waals surface area contributed by atoms with Gasteiger partial charge < -0.3 is 5.11 Å². The van der Waals surface area contributed by atoms with Gasteiger partial charge in [-0.25, -0.2) is 0 Å². The van der Waals surface area contributed by atoms with Gasteiger partial charge in [-0.1, -0.05) is 12.2 Å². The van der Waals surface area contributed by atoms with Crippen molar-refractivity contribution in [1.82, 2.24) is 4.90 Å². The topological polar surface area (TPSA) is 40.5 Å². The van der Waals surface area contributed by atoms with Gasteiger partial charge in [0.1, 0.15) is 0 Å². The number of carbonyl (C=O) groups is 1. The molecule has 0 atom stereocenters. The molecule has 0 fully saturated rings. The third-order valence-electron chi connectivity index (χ3n) is 2.26. The van der Waals surface area contributed by atoms with Gasteiger partial charge in [-0.2, -0.15) is 0 Å². The van der Waals surface area contributed by atoms with Crippen LogP contribution in [0.4, 0.5) is 0 Å². The highest BCUT2D eigenvalue weighted by Crippen LogP contribution is 2.04. The molecule has 74 valence electrons. The summed E-state index contributed by atoms with van der Waals surface area (Å²) in [5.74, 6) is -0.682. The predicted molar refractivity (Wildman–Crippen MR) is 51.7 cm³/mol. The maximum absolute atomic E-state index is 10.2. The number of carboxylic acids is 1. The van der Waals surface area contributed by atoms with Crippen molar-refractivity contribution in [2.45, 2.75) is 25.7 Å². The third kappa shape index (κ3) is 4.68. The molecule has 0 aromatic carbocycles. The summed E-state index contributed by atoms with van der Waals surface area (Å²) in [6.45, 7) is 3.20. The number of carboxylic acid groups (broad SMARTS) is 1. The lowest BCUT2D eigenvalue weighted by atomic mass is 10.2. The first kappa shape index (κ1) is 10.3. The Balaban J connectivity index is 1.99. The van der Waals surface area contributed by atoms with Crippen molar-refractivity contribution < 1.29 is 9.90 Å². The van der Waals surface area contributed by atoms with Crippen LogP contribution in [0.15, 0.2) is 12.2 Å². The van der Waals surface area contributed by atoms with E-state index in [0.717, 1.165) is 38.9 Å². The summed E-state index contributed by atoms with van der Waals surface area (Å²) in [6, 6.07) is 0. The van der Waals surface area contributed by atoms with E-state index in [9.17, 15) is 4.79 Å². The molecule has 1 heterocycles. The summed E-state index contributed by atoms with van der Waals surface area (Å²) >= 11 is 0. The summed E-state index contributed by atoms with van der Waals surface area (Å²) in [5.41, 5.74) is 0. The second-order valence-electron chi connectivity index (χ2n) is 3.41. The molecular formula is C10H17NO2. The van der Waals surface area contributed by atoms with Gasteiger partial charge >= 0.3 is 5.97 Å². The predicted octanol–water partition coefficient (Wildman–Crippen LogP) is 1.50. The van der Waals surface area contributed by atoms with Crippen LogP contribution in [0.3, 0.4) is 0 Å². The minimum atomic E-state index is -0.682. The fraction of sp³-hybridized carbons (Fsp3) is 0.700. The van der Waals surface area contributed by atoms with E-state index in [0.29, 0.717) is 6.42 Å². The van der Waals surface area contributed by atoms with Crippen LogP contribution in [0.1, 0.15) is 25.7 Å². The van der Waals surface area contributed by atoms with Gasteiger partial charge in [0, 0.05) is 19.5 Å². The molecule has 1 aliphatic rings. The first-order chi connectivity index (χ1) is 6.29. The zero-order chi connectivity index (χ0) is 9.52. The molecule has 1 rings (SSSR count). The molecular weight excluding hydrogens is 166 g/mol. The highest BCUT2D eigenvalue weighted by molar-refractivity contribution is 5.66. The molecule has 0 saturated heterocycles. The van der Waals surface area contributed by atoms with E-state index in [1.54, 1.807) is 0 Å². The van der Waals surface area contributed by atoms with E-state index in [1.165, 1.54) is 0 Å². The van der Waals surface area contributed by atoms with Crippen molar-refractivity contribution in [3.63, 3.8) is 0 Å². The Kier molecular flexibility index (Phi) is 4.54. The Morgan fingerprint density at radius 1 is 1.38 bits per heavy atom. The lowest BCUT2D eigenvalue weighted by Gasteiger charge is -2.22. The average molecular weight is 183 g/mol. The van der Waals surface area contributed by atoms with Gasteiger partial charge in [-0.15, -0.1) is 0 Å². The van der Waals surface area contributed by atoms with Crippen LogP contribution in [0.5, 0.6) is 0 Å². The number of unbranched alkanes of at least 4 members (excludes halogenated alkanes) is 1. The molecule has 0 unspecified atom stereocenters. The Bertz CT molecular complexity index is 189. The van der Waals surface area contributed by atoms with Crippen molar-refractivity contribution in [2.24, 2.45) is 0 Å². The van der Waals surface area contributed by atoms with E-state index in [4.69, 9.17) is 5.11 Å². The highest BCUT2D eigenvalue weighted by Gasteiger charge is 2.05. The van der Waals surface area contributed by atoms with Gasteiger partial charge in [0.2, 0.25) is 0 Å². The fourth-order valence-corrected chi connectivity index (χ4v) is 1.50. The van der Waals surface area contributed by atoms with E-state index in [1.807, 2.05) is 0 Å². The summed E-state index contributed by atoms with van der Waals surface area (Å²) in [4.78, 5) is 12.6. The lowest BCUT2D eigenvalue weighted by molar-refractivity contribution is -0.137. The van der Waals surface area contributed by atoms with Crippen molar-refractivity contribution in [2.75, 3.05) is 19.6 Å². The molecule has 1 aliphatic heterocycles. The van der Waals surface area contributed by atoms with E-state index in [2.05, 4.69) is 17.1 Å². The number of nitrogens with zero attached hydrogens (tertiary/aromatic N) is 1. The first-order valence-electron chi connectivity index (χ1n) is 4.88. The largest absolute Gasteiger partial charge is 0.481 e. The second kappa shape index (κ2) is 5.75. The van der Waals surface area contributed by atoms with Crippen molar-refractivity contribution in [3.05, 3.63) is 12.2 Å². The van der Waals surface area contributed by atoms with Crippen molar-refractivity contribution in [1.29, 1.82) is 0 Å². The normalized spacial score (nSPS) is 17.5. The molecule has 0 aliphatic carbocycles. The molecule has 0 amide bonds. The number of rotatable bonds is 5. The van der Waals surface area contributed by atoms with Crippen LogP contribution in [0, 0.1) is 0 Å². The molecule has 0 bridgehead atoms. The summed E-state index contributed by atoms with van der Waals surface area (Å²) < 4.78 is 0. The Labute approximate surface area is 79.0 Å². The minimum absolute atomic E-state index is 0.309. The zero-order valence-electron chi connectivity index (χ0n) is 7.91. The monoisotopic (exact) mass is 183 g/mol. The minimum Gasteiger partial charge on any atom is -0.481 e. The number of hydrogen-bond donors (Lipinski definition) is 1. The van der Waals surface area contributed by atoms with Crippen LogP contribution in [0.25, 0.3) is 0 Å². The molecule has 0 saturated carbocycles. The molecule has 13 heavy (non-hydrogen) atoms. The molecule has 0 radical (unpaired) electrons. The number of hydrogen-bond acceptors (Lipinski definition) is 2. The summed E-state index contributed by atoms with van der Waals surface area (Å²) in [6.07, 6.45) is 7.63. The molecule has 3 nitrogen and oxygen atoms in total. The Hall–Kier alpha value is -0.830. The quantitative estimate of drug-likeness (QED) is 0.518. The number of aliphatic carboxylic acids is 1. The van der Waals surface area contributed by atoms with E-state index < -0.39 is 5.97 Å². The van der Waals surface area contributed by atoms with Crippen LogP contribution >= 0.6 is 0 Å². The zero-order valence-corrected chi connectivity index (χ0v) is 7.91. The standard InChI is InChI=1S/C10H17NO2/c12-10(13)6-2-5-9-11-7-3-1-4-8-11/h1,3H,2,4-9H2,(H,12,13). The molecule has 0 spiro atoms. The van der Waals surface area contributed by atoms with Crippen LogP contribution in [-0.4, -0.2) is 35.6 Å². The Morgan fingerprint density at radius 3 is 2.85 bits per heavy atom. The van der Waals surface area contributed by atoms with Gasteiger partial charge in [-0.05, 0) is 25.8 Å². The average Bonchev–Trinajstić information content (AvgIpc) is 2.14. The maximum atomic E-state index is 10.2. The van der Waals surface area contributed by atoms with Gasteiger partial charge in [0.15, 0.2) is 0 Å². The van der Waals surface area contributed by atoms with Gasteiger partial charge in [0.05, 0.1) is 0 Å². The van der Waals surface area contributed by atoms with E-state index in [-0.39, 0.29) is 0 Å². The van der Waals surface area contributed by atoms with Crippen molar-refractivity contribution >= 4 is 5.97 Å².